The fraction of sp³-hybridized carbons (Fsp3) is 0.143. The van der Waals surface area contributed by atoms with Gasteiger partial charge < -0.3 is 14.8 Å². The monoisotopic (exact) mass is 527 g/mol. The molecule has 3 aromatic carbocycles. The van der Waals surface area contributed by atoms with Crippen LogP contribution < -0.4 is 14.8 Å². The van der Waals surface area contributed by atoms with E-state index in [1.54, 1.807) is 13.2 Å². The average molecular weight is 530 g/mol. The van der Waals surface area contributed by atoms with Crippen LogP contribution in [-0.2, 0) is 13.2 Å². The Morgan fingerprint density at radius 2 is 1.79 bits per heavy atom. The molecule has 0 fully saturated rings. The number of rotatable bonds is 7. The van der Waals surface area contributed by atoms with Crippen molar-refractivity contribution in [3.05, 3.63) is 85.5 Å². The fourth-order valence-electron chi connectivity index (χ4n) is 2.61. The van der Waals surface area contributed by atoms with Crippen molar-refractivity contribution >= 4 is 49.1 Å². The van der Waals surface area contributed by atoms with Crippen LogP contribution in [0.3, 0.4) is 0 Å². The number of halogens is 4. The molecule has 0 amide bonds. The van der Waals surface area contributed by atoms with Gasteiger partial charge in [-0.3, -0.25) is 0 Å². The van der Waals surface area contributed by atoms with Gasteiger partial charge >= 0.3 is 0 Å². The van der Waals surface area contributed by atoms with E-state index in [2.05, 4.69) is 37.2 Å². The van der Waals surface area contributed by atoms with E-state index in [4.69, 9.17) is 21.1 Å². The number of nitrogens with one attached hydrogen (secondary N) is 1. The van der Waals surface area contributed by atoms with Crippen LogP contribution in [0.2, 0.25) is 5.02 Å². The van der Waals surface area contributed by atoms with Gasteiger partial charge in [-0.15, -0.1) is 0 Å². The third-order valence-electron chi connectivity index (χ3n) is 4.09. The first-order valence-corrected chi connectivity index (χ1v) is 10.4. The minimum Gasteiger partial charge on any atom is -0.493 e. The molecule has 0 heterocycles. The molecule has 0 aromatic heterocycles. The maximum absolute atomic E-state index is 13.3. The summed E-state index contributed by atoms with van der Waals surface area (Å²) in [6.07, 6.45) is 0. The van der Waals surface area contributed by atoms with Crippen molar-refractivity contribution < 1.29 is 13.9 Å². The number of benzene rings is 3. The second kappa shape index (κ2) is 9.63. The molecule has 0 radical (unpaired) electrons. The zero-order valence-corrected chi connectivity index (χ0v) is 18.9. The number of hydrogen-bond donors (Lipinski definition) is 1. The molecule has 0 saturated heterocycles. The van der Waals surface area contributed by atoms with Crippen LogP contribution in [0.15, 0.2) is 63.5 Å². The summed E-state index contributed by atoms with van der Waals surface area (Å²) in [4.78, 5) is 0. The number of methoxy groups -OCH3 is 1. The van der Waals surface area contributed by atoms with Crippen LogP contribution in [0.1, 0.15) is 11.1 Å². The van der Waals surface area contributed by atoms with Crippen LogP contribution in [-0.4, -0.2) is 7.11 Å². The van der Waals surface area contributed by atoms with Gasteiger partial charge in [-0.2, -0.15) is 0 Å². The number of anilines is 1. The van der Waals surface area contributed by atoms with Gasteiger partial charge in [0.15, 0.2) is 11.5 Å². The van der Waals surface area contributed by atoms with Gasteiger partial charge in [0.1, 0.15) is 12.4 Å². The molecule has 146 valence electrons. The number of ether oxygens (including phenoxy) is 2. The second-order valence-electron chi connectivity index (χ2n) is 5.94. The molecular weight excluding hydrogens is 512 g/mol. The highest BCUT2D eigenvalue weighted by molar-refractivity contribution is 9.10. The Morgan fingerprint density at radius 3 is 2.46 bits per heavy atom. The molecule has 0 unspecified atom stereocenters. The highest BCUT2D eigenvalue weighted by atomic mass is 79.9. The minimum absolute atomic E-state index is 0.192. The molecule has 0 saturated carbocycles. The summed E-state index contributed by atoms with van der Waals surface area (Å²) >= 11 is 13.1. The summed E-state index contributed by atoms with van der Waals surface area (Å²) in [7, 11) is 1.59. The SMILES string of the molecule is COc1ccc(Br)c(CNc2ccc(Br)cc2)c1OCc1ccc(F)cc1Cl. The Morgan fingerprint density at radius 1 is 1.04 bits per heavy atom. The minimum atomic E-state index is -0.381. The van der Waals surface area contributed by atoms with E-state index >= 15 is 0 Å². The molecule has 0 aliphatic heterocycles. The molecule has 0 bridgehead atoms. The van der Waals surface area contributed by atoms with Gasteiger partial charge in [0.25, 0.3) is 0 Å². The fourth-order valence-corrected chi connectivity index (χ4v) is 3.55. The Bertz CT molecular complexity index is 967. The lowest BCUT2D eigenvalue weighted by molar-refractivity contribution is 0.281. The van der Waals surface area contributed by atoms with Gasteiger partial charge in [-0.1, -0.05) is 49.5 Å². The summed E-state index contributed by atoms with van der Waals surface area (Å²) in [5.41, 5.74) is 2.57. The quantitative estimate of drug-likeness (QED) is 0.351. The van der Waals surface area contributed by atoms with Gasteiger partial charge in [-0.05, 0) is 48.5 Å². The van der Waals surface area contributed by atoms with Gasteiger partial charge in [-0.25, -0.2) is 4.39 Å². The van der Waals surface area contributed by atoms with E-state index < -0.39 is 0 Å². The van der Waals surface area contributed by atoms with Gasteiger partial charge in [0.2, 0.25) is 0 Å². The zero-order valence-electron chi connectivity index (χ0n) is 14.9. The molecule has 0 aliphatic rings. The molecule has 0 atom stereocenters. The predicted octanol–water partition coefficient (Wildman–Crippen LogP) is 7.20. The summed E-state index contributed by atoms with van der Waals surface area (Å²) in [6.45, 7) is 0.711. The molecule has 1 N–H and O–H groups in total. The van der Waals surface area contributed by atoms with E-state index in [1.807, 2.05) is 36.4 Å². The van der Waals surface area contributed by atoms with Crippen molar-refractivity contribution in [3.63, 3.8) is 0 Å². The summed E-state index contributed by atoms with van der Waals surface area (Å²) < 4.78 is 26.7. The van der Waals surface area contributed by atoms with E-state index in [9.17, 15) is 4.39 Å². The van der Waals surface area contributed by atoms with E-state index in [0.29, 0.717) is 28.6 Å². The average Bonchev–Trinajstić information content (AvgIpc) is 2.68. The molecule has 0 spiro atoms. The zero-order chi connectivity index (χ0) is 20.1. The van der Waals surface area contributed by atoms with Crippen LogP contribution in [0, 0.1) is 5.82 Å². The van der Waals surface area contributed by atoms with E-state index in [1.165, 1.54) is 12.1 Å². The van der Waals surface area contributed by atoms with Crippen molar-refractivity contribution in [1.82, 2.24) is 0 Å². The molecule has 0 aliphatic carbocycles. The Kier molecular flexibility index (Phi) is 7.21. The lowest BCUT2D eigenvalue weighted by atomic mass is 10.1. The van der Waals surface area contributed by atoms with Crippen molar-refractivity contribution in [3.8, 4) is 11.5 Å². The first-order chi connectivity index (χ1) is 13.5. The van der Waals surface area contributed by atoms with Crippen LogP contribution in [0.5, 0.6) is 11.5 Å². The largest absolute Gasteiger partial charge is 0.493 e. The summed E-state index contributed by atoms with van der Waals surface area (Å²) in [5.74, 6) is 0.823. The topological polar surface area (TPSA) is 30.5 Å². The predicted molar refractivity (Wildman–Crippen MR) is 118 cm³/mol. The maximum atomic E-state index is 13.3. The first kappa shape index (κ1) is 21.0. The van der Waals surface area contributed by atoms with Gasteiger partial charge in [0, 0.05) is 32.3 Å². The van der Waals surface area contributed by atoms with Crippen molar-refractivity contribution in [2.45, 2.75) is 13.2 Å². The second-order valence-corrected chi connectivity index (χ2v) is 8.12. The van der Waals surface area contributed by atoms with Crippen LogP contribution in [0.25, 0.3) is 0 Å². The van der Waals surface area contributed by atoms with Gasteiger partial charge in [0.05, 0.1) is 12.1 Å². The summed E-state index contributed by atoms with van der Waals surface area (Å²) in [5, 5.41) is 3.70. The Balaban J connectivity index is 1.83. The summed E-state index contributed by atoms with van der Waals surface area (Å²) in [6, 6.07) is 15.9. The van der Waals surface area contributed by atoms with Crippen molar-refractivity contribution in [1.29, 1.82) is 0 Å². The van der Waals surface area contributed by atoms with Crippen LogP contribution in [0.4, 0.5) is 10.1 Å². The molecule has 3 rings (SSSR count). The van der Waals surface area contributed by atoms with E-state index in [0.717, 1.165) is 20.2 Å². The third kappa shape index (κ3) is 5.19. The maximum Gasteiger partial charge on any atom is 0.167 e. The van der Waals surface area contributed by atoms with Crippen molar-refractivity contribution in [2.24, 2.45) is 0 Å². The Labute approximate surface area is 185 Å². The molecule has 7 heteroatoms. The lowest BCUT2D eigenvalue weighted by Crippen LogP contribution is -2.06. The molecular formula is C21H17Br2ClFNO2. The number of hydrogen-bond acceptors (Lipinski definition) is 3. The van der Waals surface area contributed by atoms with Crippen LogP contribution >= 0.6 is 43.5 Å². The smallest absolute Gasteiger partial charge is 0.167 e. The third-order valence-corrected chi connectivity index (χ3v) is 5.71. The first-order valence-electron chi connectivity index (χ1n) is 8.39. The highest BCUT2D eigenvalue weighted by Gasteiger charge is 2.16. The normalized spacial score (nSPS) is 10.6. The standard InChI is InChI=1S/C21H17Br2ClFNO2/c1-27-20-9-8-18(23)17(11-26-16-6-3-14(22)4-7-16)21(20)28-12-13-2-5-15(25)10-19(13)24/h2-10,26H,11-12H2,1H3. The molecule has 28 heavy (non-hydrogen) atoms. The molecule has 3 nitrogen and oxygen atoms in total. The van der Waals surface area contributed by atoms with E-state index in [-0.39, 0.29) is 12.4 Å². The Hall–Kier alpha value is -1.76. The molecule has 3 aromatic rings. The van der Waals surface area contributed by atoms with Crippen molar-refractivity contribution in [2.75, 3.05) is 12.4 Å². The lowest BCUT2D eigenvalue weighted by Gasteiger charge is -2.18. The highest BCUT2D eigenvalue weighted by Crippen LogP contribution is 2.37.